The molecule has 1 saturated heterocycles. The smallest absolute Gasteiger partial charge is 0.164 e. The SMILES string of the molecule is Cc1ccc(S(=O)/C=C/[C@@H]2OC(C)(C)O[C@@H]2CI)cc1. The summed E-state index contributed by atoms with van der Waals surface area (Å²) in [5.74, 6) is -0.573. The molecular weight excluding hydrogens is 387 g/mol. The number of hydrogen-bond donors (Lipinski definition) is 0. The van der Waals surface area contributed by atoms with Crippen molar-refractivity contribution in [2.75, 3.05) is 4.43 Å². The molecule has 0 radical (unpaired) electrons. The van der Waals surface area contributed by atoms with E-state index >= 15 is 0 Å². The van der Waals surface area contributed by atoms with Crippen molar-refractivity contribution in [1.82, 2.24) is 0 Å². The Hall–Kier alpha value is -0.240. The Balaban J connectivity index is 2.05. The number of benzene rings is 1. The van der Waals surface area contributed by atoms with Crippen LogP contribution >= 0.6 is 22.6 Å². The Labute approximate surface area is 136 Å². The van der Waals surface area contributed by atoms with Gasteiger partial charge in [-0.2, -0.15) is 0 Å². The number of alkyl halides is 1. The maximum Gasteiger partial charge on any atom is 0.164 e. The van der Waals surface area contributed by atoms with Crippen LogP contribution in [-0.2, 0) is 20.3 Å². The molecule has 0 aromatic heterocycles. The van der Waals surface area contributed by atoms with E-state index in [0.717, 1.165) is 14.9 Å². The first-order chi connectivity index (χ1) is 9.41. The van der Waals surface area contributed by atoms with Crippen LogP contribution in [0.5, 0.6) is 0 Å². The highest BCUT2D eigenvalue weighted by molar-refractivity contribution is 14.1. The van der Waals surface area contributed by atoms with Crippen LogP contribution in [0.25, 0.3) is 0 Å². The zero-order chi connectivity index (χ0) is 14.8. The molecule has 1 aromatic carbocycles. The normalized spacial score (nSPS) is 27.0. The van der Waals surface area contributed by atoms with Crippen LogP contribution in [0.2, 0.25) is 0 Å². The van der Waals surface area contributed by atoms with E-state index in [9.17, 15) is 4.21 Å². The molecule has 0 bridgehead atoms. The average molecular weight is 406 g/mol. The average Bonchev–Trinajstić information content (AvgIpc) is 2.71. The van der Waals surface area contributed by atoms with Gasteiger partial charge in [0, 0.05) is 14.7 Å². The van der Waals surface area contributed by atoms with Crippen LogP contribution in [0.3, 0.4) is 0 Å². The molecule has 1 fully saturated rings. The van der Waals surface area contributed by atoms with Crippen molar-refractivity contribution in [2.45, 2.75) is 43.7 Å². The van der Waals surface area contributed by atoms with E-state index in [0.29, 0.717) is 0 Å². The van der Waals surface area contributed by atoms with Gasteiger partial charge in [0.1, 0.15) is 6.10 Å². The van der Waals surface area contributed by atoms with Crippen molar-refractivity contribution < 1.29 is 13.7 Å². The van der Waals surface area contributed by atoms with Crippen LogP contribution in [0.4, 0.5) is 0 Å². The number of aryl methyl sites for hydroxylation is 1. The summed E-state index contributed by atoms with van der Waals surface area (Å²) in [5, 5.41) is 1.69. The second-order valence-electron chi connectivity index (χ2n) is 5.23. The van der Waals surface area contributed by atoms with Gasteiger partial charge in [0.15, 0.2) is 5.79 Å². The lowest BCUT2D eigenvalue weighted by Crippen LogP contribution is -2.22. The molecule has 0 N–H and O–H groups in total. The van der Waals surface area contributed by atoms with Crippen LogP contribution in [0.15, 0.2) is 40.6 Å². The highest BCUT2D eigenvalue weighted by Gasteiger charge is 2.39. The van der Waals surface area contributed by atoms with Gasteiger partial charge in [-0.15, -0.1) is 0 Å². The Kier molecular flexibility index (Phi) is 5.39. The van der Waals surface area contributed by atoms with Crippen LogP contribution < -0.4 is 0 Å². The quantitative estimate of drug-likeness (QED) is 0.567. The minimum Gasteiger partial charge on any atom is -0.343 e. The van der Waals surface area contributed by atoms with Gasteiger partial charge in [0.05, 0.1) is 16.9 Å². The van der Waals surface area contributed by atoms with E-state index in [1.807, 2.05) is 51.1 Å². The molecule has 1 aromatic rings. The number of halogens is 1. The molecule has 1 aliphatic rings. The summed E-state index contributed by atoms with van der Waals surface area (Å²) in [6, 6.07) is 7.71. The summed E-state index contributed by atoms with van der Waals surface area (Å²) in [6.45, 7) is 5.81. The van der Waals surface area contributed by atoms with Gasteiger partial charge in [-0.05, 0) is 39.0 Å². The molecule has 5 heteroatoms. The van der Waals surface area contributed by atoms with Gasteiger partial charge in [-0.3, -0.25) is 0 Å². The molecule has 0 aliphatic carbocycles. The van der Waals surface area contributed by atoms with Gasteiger partial charge in [0.2, 0.25) is 0 Å². The third-order valence-corrected chi connectivity index (χ3v) is 5.03. The first-order valence-electron chi connectivity index (χ1n) is 6.48. The predicted molar refractivity (Wildman–Crippen MR) is 89.4 cm³/mol. The molecule has 20 heavy (non-hydrogen) atoms. The fourth-order valence-electron chi connectivity index (χ4n) is 2.05. The third-order valence-electron chi connectivity index (χ3n) is 3.02. The van der Waals surface area contributed by atoms with Crippen molar-refractivity contribution in [2.24, 2.45) is 0 Å². The Morgan fingerprint density at radius 2 is 1.95 bits per heavy atom. The summed E-state index contributed by atoms with van der Waals surface area (Å²) in [5.41, 5.74) is 1.16. The third kappa shape index (κ3) is 4.13. The van der Waals surface area contributed by atoms with E-state index in [1.165, 1.54) is 0 Å². The van der Waals surface area contributed by atoms with Crippen molar-refractivity contribution in [3.63, 3.8) is 0 Å². The molecule has 1 unspecified atom stereocenters. The molecule has 1 heterocycles. The summed E-state index contributed by atoms with van der Waals surface area (Å²) < 4.78 is 24.6. The summed E-state index contributed by atoms with van der Waals surface area (Å²) >= 11 is 2.28. The van der Waals surface area contributed by atoms with Crippen LogP contribution in [0, 0.1) is 6.92 Å². The fraction of sp³-hybridized carbons (Fsp3) is 0.467. The summed E-state index contributed by atoms with van der Waals surface area (Å²) in [6.07, 6.45) is 1.72. The second-order valence-corrected chi connectivity index (χ2v) is 7.45. The lowest BCUT2D eigenvalue weighted by atomic mass is 10.2. The molecule has 2 rings (SSSR count). The van der Waals surface area contributed by atoms with Crippen LogP contribution in [-0.4, -0.2) is 26.6 Å². The van der Waals surface area contributed by atoms with Gasteiger partial charge >= 0.3 is 0 Å². The summed E-state index contributed by atoms with van der Waals surface area (Å²) in [4.78, 5) is 0.802. The molecular formula is C15H19IO3S. The topological polar surface area (TPSA) is 35.5 Å². The number of rotatable bonds is 4. The Bertz CT molecular complexity index is 510. The van der Waals surface area contributed by atoms with Crippen molar-refractivity contribution >= 4 is 33.4 Å². The highest BCUT2D eigenvalue weighted by Crippen LogP contribution is 2.30. The zero-order valence-corrected chi connectivity index (χ0v) is 14.8. The van der Waals surface area contributed by atoms with Crippen molar-refractivity contribution in [3.8, 4) is 0 Å². The first kappa shape index (κ1) is 16.1. The van der Waals surface area contributed by atoms with Gasteiger partial charge in [-0.25, -0.2) is 4.21 Å². The maximum absolute atomic E-state index is 12.2. The second kappa shape index (κ2) is 6.68. The minimum atomic E-state index is -1.15. The first-order valence-corrected chi connectivity index (χ1v) is 9.22. The van der Waals surface area contributed by atoms with Crippen molar-refractivity contribution in [1.29, 1.82) is 0 Å². The molecule has 3 nitrogen and oxygen atoms in total. The molecule has 110 valence electrons. The fourth-order valence-corrected chi connectivity index (χ4v) is 3.59. The Morgan fingerprint density at radius 3 is 2.55 bits per heavy atom. The number of ether oxygens (including phenoxy) is 2. The van der Waals surface area contributed by atoms with E-state index in [2.05, 4.69) is 22.6 Å². The molecule has 0 saturated carbocycles. The van der Waals surface area contributed by atoms with Gasteiger partial charge in [-0.1, -0.05) is 40.3 Å². The zero-order valence-electron chi connectivity index (χ0n) is 11.8. The van der Waals surface area contributed by atoms with E-state index in [-0.39, 0.29) is 12.2 Å². The van der Waals surface area contributed by atoms with Gasteiger partial charge < -0.3 is 9.47 Å². The van der Waals surface area contributed by atoms with E-state index in [1.54, 1.807) is 5.41 Å². The lowest BCUT2D eigenvalue weighted by molar-refractivity contribution is -0.140. The van der Waals surface area contributed by atoms with Crippen LogP contribution in [0.1, 0.15) is 19.4 Å². The molecule has 1 aliphatic heterocycles. The monoisotopic (exact) mass is 406 g/mol. The largest absolute Gasteiger partial charge is 0.343 e. The molecule has 0 amide bonds. The lowest BCUT2D eigenvalue weighted by Gasteiger charge is -2.15. The highest BCUT2D eigenvalue weighted by atomic mass is 127. The number of hydrogen-bond acceptors (Lipinski definition) is 3. The Morgan fingerprint density at radius 1 is 1.30 bits per heavy atom. The van der Waals surface area contributed by atoms with Crippen molar-refractivity contribution in [3.05, 3.63) is 41.3 Å². The van der Waals surface area contributed by atoms with Gasteiger partial charge in [0.25, 0.3) is 0 Å². The predicted octanol–water partition coefficient (Wildman–Crippen LogP) is 3.57. The maximum atomic E-state index is 12.2. The molecule has 3 atom stereocenters. The van der Waals surface area contributed by atoms with E-state index in [4.69, 9.17) is 9.47 Å². The minimum absolute atomic E-state index is 0.0110. The van der Waals surface area contributed by atoms with E-state index < -0.39 is 16.6 Å². The standard InChI is InChI=1S/C15H19IO3S/c1-11-4-6-12(7-5-11)20(17)9-8-13-14(10-16)19-15(2,3)18-13/h4-9,13-14H,10H2,1-3H3/b9-8+/t13-,14+,20?/m0/s1. The summed E-state index contributed by atoms with van der Waals surface area (Å²) in [7, 11) is -1.15. The molecule has 0 spiro atoms.